The molecular formula is C124H74N12O5. The van der Waals surface area contributed by atoms with Crippen LogP contribution in [0.15, 0.2) is 471 Å². The molecule has 0 fully saturated rings. The zero-order valence-corrected chi connectivity index (χ0v) is 75.1. The van der Waals surface area contributed by atoms with Crippen molar-refractivity contribution in [2.75, 3.05) is 0 Å². The monoisotopic (exact) mass is 1810 g/mol. The molecule has 0 bridgehead atoms. The largest absolute Gasteiger partial charge is 0.456 e. The van der Waals surface area contributed by atoms with E-state index in [4.69, 9.17) is 47.6 Å². The number of benzene rings is 22. The molecule has 17 nitrogen and oxygen atoms in total. The first-order valence-electron chi connectivity index (χ1n) is 46.8. The Morgan fingerprint density at radius 3 is 1.13 bits per heavy atom. The zero-order valence-electron chi connectivity index (χ0n) is 75.1. The van der Waals surface area contributed by atoms with Crippen LogP contribution in [0.5, 0.6) is 0 Å². The van der Waals surface area contributed by atoms with Crippen LogP contribution in [0.2, 0.25) is 0 Å². The standard InChI is InChI=1S/C40H23N3O2.3C28H17N3O/c1-2-11-28(12-3-1)43-41-34-22-27(26-17-18-36-31(20-26)32-19-24-9-4-5-10-25(24)23-38(32)45-36)21-33(40(34)42-43)29-14-8-16-37-39(29)30-13-6-7-15-35(30)44-37;1-2-8-19(9-3-1)31-29-25-15-14-18(16-26(25)30-31)23-17-24-21-11-6-7-13-27(21)32-28(24)22-12-5-4-10-20(22)23;1-2-7-21(8-3-1)31-29-24-13-10-20(17-25(24)30-31)19-12-14-26-23(16-19)28-22-9-5-4-6-18(22)11-15-27(28)32-26;1-2-7-21(8-3-1)31-29-25-14-11-20(17-26(25)30-31)19-12-15-27-24(16-19)23-13-10-18-6-4-5-9-22(18)28(23)32-27/h1-23H;3*1-17H. The molecule has 0 aliphatic heterocycles. The number of aromatic nitrogens is 12. The van der Waals surface area contributed by atoms with E-state index < -0.39 is 0 Å². The summed E-state index contributed by atoms with van der Waals surface area (Å²) in [6.07, 6.45) is 0. The van der Waals surface area contributed by atoms with Crippen molar-refractivity contribution in [3.05, 3.63) is 449 Å². The van der Waals surface area contributed by atoms with Crippen molar-refractivity contribution in [1.29, 1.82) is 0 Å². The van der Waals surface area contributed by atoms with E-state index in [-0.39, 0.29) is 0 Å². The van der Waals surface area contributed by atoms with Gasteiger partial charge in [0.05, 0.1) is 22.7 Å². The molecule has 9 heterocycles. The summed E-state index contributed by atoms with van der Waals surface area (Å²) in [5.74, 6) is 0. The van der Waals surface area contributed by atoms with Gasteiger partial charge in [-0.15, -0.1) is 40.8 Å². The van der Waals surface area contributed by atoms with Gasteiger partial charge in [-0.2, -0.15) is 19.2 Å². The Morgan fingerprint density at radius 2 is 0.518 bits per heavy atom. The second-order valence-corrected chi connectivity index (χ2v) is 35.5. The highest BCUT2D eigenvalue weighted by Gasteiger charge is 2.24. The second-order valence-electron chi connectivity index (χ2n) is 35.5. The maximum absolute atomic E-state index is 6.31. The lowest BCUT2D eigenvalue weighted by molar-refractivity contribution is 0.668. The highest BCUT2D eigenvalue weighted by Crippen LogP contribution is 2.47. The van der Waals surface area contributed by atoms with E-state index in [0.717, 1.165) is 248 Å². The number of nitrogens with zero attached hydrogens (tertiary/aromatic N) is 12. The molecule has 31 aromatic rings. The summed E-state index contributed by atoms with van der Waals surface area (Å²) in [6.45, 7) is 0. The van der Waals surface area contributed by atoms with Crippen molar-refractivity contribution in [3.63, 3.8) is 0 Å². The molecule has 0 atom stereocenters. The van der Waals surface area contributed by atoms with E-state index in [9.17, 15) is 0 Å². The highest BCUT2D eigenvalue weighted by atomic mass is 16.3. The average Bonchev–Trinajstić information content (AvgIpc) is 1.58. The SMILES string of the molecule is c1ccc(-n2nc3cc(-c4ccc5oc6cc7ccccc7cc6c5c4)cc(-c4cccc5oc6ccccc6c45)c3n2)cc1.c1ccc(-n2nc3ccc(-c4cc5c6ccccc6oc5c5ccccc45)cc3n2)cc1.c1ccc(-n2nc3ccc(-c4ccc5oc6c7ccccc7ccc6c5c4)cc3n2)cc1.c1ccc(-n2nc3ccc(-c4ccc5oc6ccc7ccccc7c6c5c4)cc3n2)cc1. The molecule has 17 heteroatoms. The Balaban J connectivity index is 0.0000000932. The number of hydrogen-bond acceptors (Lipinski definition) is 13. The predicted molar refractivity (Wildman–Crippen MR) is 569 cm³/mol. The second kappa shape index (κ2) is 32.7. The highest BCUT2D eigenvalue weighted by molar-refractivity contribution is 6.23. The summed E-state index contributed by atoms with van der Waals surface area (Å²) in [6, 6.07) is 154. The van der Waals surface area contributed by atoms with Crippen molar-refractivity contribution in [3.8, 4) is 78.4 Å². The van der Waals surface area contributed by atoms with Gasteiger partial charge in [0.25, 0.3) is 0 Å². The van der Waals surface area contributed by atoms with Crippen LogP contribution in [0.25, 0.3) is 275 Å². The number of para-hydroxylation sites is 6. The first kappa shape index (κ1) is 80.0. The number of rotatable bonds is 9. The van der Waals surface area contributed by atoms with Crippen LogP contribution < -0.4 is 0 Å². The van der Waals surface area contributed by atoms with Gasteiger partial charge in [0.15, 0.2) is 0 Å². The molecule has 0 aliphatic rings. The lowest BCUT2D eigenvalue weighted by Crippen LogP contribution is -1.97. The van der Waals surface area contributed by atoms with Gasteiger partial charge >= 0.3 is 0 Å². The van der Waals surface area contributed by atoms with E-state index in [1.54, 1.807) is 19.2 Å². The van der Waals surface area contributed by atoms with Gasteiger partial charge in [-0.25, -0.2) is 0 Å². The third-order valence-corrected chi connectivity index (χ3v) is 27.0. The molecule has 0 saturated carbocycles. The van der Waals surface area contributed by atoms with E-state index in [0.29, 0.717) is 0 Å². The van der Waals surface area contributed by atoms with E-state index in [1.807, 2.05) is 176 Å². The summed E-state index contributed by atoms with van der Waals surface area (Å²) in [4.78, 5) is 6.79. The van der Waals surface area contributed by atoms with Crippen molar-refractivity contribution >= 4 is 197 Å². The van der Waals surface area contributed by atoms with E-state index in [2.05, 4.69) is 288 Å². The first-order chi connectivity index (χ1) is 69.8. The predicted octanol–water partition coefficient (Wildman–Crippen LogP) is 32.1. The minimum atomic E-state index is 0.819. The molecule has 0 amide bonds. The Labute approximate surface area is 801 Å². The fourth-order valence-electron chi connectivity index (χ4n) is 20.2. The molecule has 0 saturated heterocycles. The lowest BCUT2D eigenvalue weighted by atomic mass is 9.94. The minimum Gasteiger partial charge on any atom is -0.456 e. The maximum Gasteiger partial charge on any atom is 0.143 e. The number of fused-ring (bicyclic) bond motifs is 26. The zero-order chi connectivity index (χ0) is 92.7. The van der Waals surface area contributed by atoms with Crippen molar-refractivity contribution in [2.24, 2.45) is 0 Å². The summed E-state index contributed by atoms with van der Waals surface area (Å²) in [5.41, 5.74) is 30.5. The van der Waals surface area contributed by atoms with Gasteiger partial charge in [-0.3, -0.25) is 0 Å². The summed E-state index contributed by atoms with van der Waals surface area (Å²) < 4.78 is 31.2. The maximum atomic E-state index is 6.31. The molecule has 141 heavy (non-hydrogen) atoms. The molecule has 31 rings (SSSR count). The van der Waals surface area contributed by atoms with Crippen LogP contribution >= 0.6 is 0 Å². The van der Waals surface area contributed by atoms with Crippen LogP contribution in [-0.2, 0) is 0 Å². The van der Waals surface area contributed by atoms with Gasteiger partial charge in [0, 0.05) is 70.2 Å². The van der Waals surface area contributed by atoms with Gasteiger partial charge in [-0.05, 0) is 264 Å². The molecule has 0 spiro atoms. The van der Waals surface area contributed by atoms with Gasteiger partial charge < -0.3 is 22.1 Å². The van der Waals surface area contributed by atoms with E-state index in [1.165, 1.54) is 26.9 Å². The summed E-state index contributed by atoms with van der Waals surface area (Å²) >= 11 is 0. The Kier molecular flexibility index (Phi) is 18.5. The minimum absolute atomic E-state index is 0.819. The molecule has 0 aliphatic carbocycles. The molecule has 0 N–H and O–H groups in total. The fourth-order valence-corrected chi connectivity index (χ4v) is 20.2. The Morgan fingerprint density at radius 1 is 0.149 bits per heavy atom. The van der Waals surface area contributed by atoms with Crippen LogP contribution in [0.1, 0.15) is 0 Å². The first-order valence-corrected chi connectivity index (χ1v) is 46.8. The lowest BCUT2D eigenvalue weighted by Gasteiger charge is -2.09. The van der Waals surface area contributed by atoms with Crippen LogP contribution in [0.3, 0.4) is 0 Å². The van der Waals surface area contributed by atoms with Crippen molar-refractivity contribution in [2.45, 2.75) is 0 Å². The van der Waals surface area contributed by atoms with Gasteiger partial charge in [0.1, 0.15) is 100.0 Å². The quantitative estimate of drug-likeness (QED) is 0.133. The fraction of sp³-hybridized carbons (Fsp3) is 0. The molecule has 9 aromatic heterocycles. The van der Waals surface area contributed by atoms with Crippen molar-refractivity contribution < 1.29 is 22.1 Å². The summed E-state index contributed by atoms with van der Waals surface area (Å²) in [7, 11) is 0. The number of furan rings is 5. The Hall–Kier alpha value is -19.5. The normalized spacial score (nSPS) is 11.8. The van der Waals surface area contributed by atoms with Gasteiger partial charge in [-0.1, -0.05) is 267 Å². The third kappa shape index (κ3) is 13.9. The van der Waals surface area contributed by atoms with Crippen LogP contribution in [0, 0.1) is 0 Å². The molecule has 22 aromatic carbocycles. The molecule has 660 valence electrons. The van der Waals surface area contributed by atoms with E-state index >= 15 is 0 Å². The summed E-state index contributed by atoms with van der Waals surface area (Å²) in [5, 5.41) is 58.6. The molecule has 0 radical (unpaired) electrons. The smallest absolute Gasteiger partial charge is 0.143 e. The van der Waals surface area contributed by atoms with Crippen LogP contribution in [0.4, 0.5) is 0 Å². The Bertz CT molecular complexity index is 10400. The average molecular weight is 1810 g/mol. The van der Waals surface area contributed by atoms with Crippen LogP contribution in [-0.4, -0.2) is 60.0 Å². The van der Waals surface area contributed by atoms with Crippen molar-refractivity contribution in [1.82, 2.24) is 60.0 Å². The number of hydrogen-bond donors (Lipinski definition) is 0. The topological polar surface area (TPSA) is 189 Å². The molecular weight excluding hydrogens is 1740 g/mol. The van der Waals surface area contributed by atoms with Gasteiger partial charge in [0.2, 0.25) is 0 Å². The third-order valence-electron chi connectivity index (χ3n) is 27.0. The molecule has 0 unspecified atom stereocenters.